The fourth-order valence-corrected chi connectivity index (χ4v) is 5.18. The fraction of sp³-hybridized carbons (Fsp3) is 0.130. The first-order valence-corrected chi connectivity index (χ1v) is 14.1. The van der Waals surface area contributed by atoms with Gasteiger partial charge >= 0.3 is 0 Å². The van der Waals surface area contributed by atoms with Crippen molar-refractivity contribution in [3.8, 4) is 0 Å². The van der Waals surface area contributed by atoms with E-state index in [2.05, 4.69) is 30.4 Å². The highest BCUT2D eigenvalue weighted by Gasteiger charge is 2.18. The molecule has 204 valence electrons. The van der Waals surface area contributed by atoms with Gasteiger partial charge in [0.05, 0.1) is 9.79 Å². The topological polar surface area (TPSA) is 203 Å². The Kier molecular flexibility index (Phi) is 7.68. The Morgan fingerprint density at radius 1 is 0.667 bits per heavy atom. The predicted molar refractivity (Wildman–Crippen MR) is 139 cm³/mol. The molecular weight excluding hydrogens is 552 g/mol. The van der Waals surface area contributed by atoms with Gasteiger partial charge in [-0.25, -0.2) is 16.8 Å². The van der Waals surface area contributed by atoms with E-state index in [1.807, 2.05) is 0 Å². The van der Waals surface area contributed by atoms with Gasteiger partial charge in [0.25, 0.3) is 20.0 Å². The zero-order valence-electron chi connectivity index (χ0n) is 20.5. The number of carbonyl (C=O) groups is 2. The summed E-state index contributed by atoms with van der Waals surface area (Å²) in [5.41, 5.74) is 0.543. The molecule has 4 rings (SSSR count). The summed E-state index contributed by atoms with van der Waals surface area (Å²) in [7, 11) is -7.85. The van der Waals surface area contributed by atoms with Crippen LogP contribution in [0.2, 0.25) is 0 Å². The first-order chi connectivity index (χ1) is 18.4. The van der Waals surface area contributed by atoms with Gasteiger partial charge in [0.15, 0.2) is 11.6 Å². The van der Waals surface area contributed by atoms with Crippen LogP contribution in [0.3, 0.4) is 0 Å². The largest absolute Gasteiger partial charge is 0.360 e. The van der Waals surface area contributed by atoms with Crippen molar-refractivity contribution in [1.29, 1.82) is 0 Å². The van der Waals surface area contributed by atoms with E-state index in [4.69, 9.17) is 9.05 Å². The van der Waals surface area contributed by atoms with Gasteiger partial charge in [-0.15, -0.1) is 0 Å². The Balaban J connectivity index is 1.29. The number of benzene rings is 2. The van der Waals surface area contributed by atoms with Gasteiger partial charge in [0, 0.05) is 23.5 Å². The number of nitrogens with zero attached hydrogens (tertiary/aromatic N) is 2. The number of hydrogen-bond acceptors (Lipinski definition) is 10. The van der Waals surface area contributed by atoms with E-state index in [9.17, 15) is 26.4 Å². The molecule has 0 aliphatic carbocycles. The smallest absolute Gasteiger partial charge is 0.263 e. The molecule has 0 bridgehead atoms. The van der Waals surface area contributed by atoms with Crippen molar-refractivity contribution in [2.75, 3.05) is 20.1 Å². The normalized spacial score (nSPS) is 11.5. The molecule has 2 aromatic carbocycles. The number of carbonyl (C=O) groups excluding carboxylic acids is 2. The molecule has 0 fully saturated rings. The van der Waals surface area contributed by atoms with Crippen LogP contribution in [-0.4, -0.2) is 39.0 Å². The third-order valence-electron chi connectivity index (χ3n) is 4.95. The maximum Gasteiger partial charge on any atom is 0.263 e. The van der Waals surface area contributed by atoms with Crippen LogP contribution in [0, 0.1) is 13.8 Å². The zero-order chi connectivity index (χ0) is 28.2. The highest BCUT2D eigenvalue weighted by molar-refractivity contribution is 7.93. The molecule has 2 heterocycles. The van der Waals surface area contributed by atoms with Crippen molar-refractivity contribution >= 4 is 54.9 Å². The summed E-state index contributed by atoms with van der Waals surface area (Å²) in [5.74, 6) is -0.357. The molecule has 0 saturated carbocycles. The lowest BCUT2D eigenvalue weighted by atomic mass is 10.3. The number of anilines is 4. The third kappa shape index (κ3) is 7.20. The van der Waals surface area contributed by atoms with Crippen LogP contribution in [0.4, 0.5) is 23.0 Å². The standard InChI is InChI=1S/C23H22N6O8S2/c1-14-11-20(26-36-14)28-38(32,33)18-7-3-16(4-8-18)24-22(30)13-23(31)25-17-5-9-19(10-6-17)39(34,35)29-21-12-15(2)37-27-21/h3-12H,13H2,1-2H3,(H,24,30)(H,25,31)(H,26,28)(H,27,29). The van der Waals surface area contributed by atoms with Gasteiger partial charge in [-0.2, -0.15) is 0 Å². The summed E-state index contributed by atoms with van der Waals surface area (Å²) in [5, 5.41) is 12.2. The molecule has 0 spiro atoms. The van der Waals surface area contributed by atoms with Crippen molar-refractivity contribution < 1.29 is 35.5 Å². The molecule has 0 aliphatic heterocycles. The number of rotatable bonds is 10. The molecule has 2 aromatic heterocycles. The minimum atomic E-state index is -3.92. The Bertz CT molecular complexity index is 1580. The van der Waals surface area contributed by atoms with Crippen molar-refractivity contribution in [2.45, 2.75) is 30.1 Å². The van der Waals surface area contributed by atoms with E-state index in [0.717, 1.165) is 0 Å². The summed E-state index contributed by atoms with van der Waals surface area (Å²) in [6.07, 6.45) is -0.541. The molecule has 0 radical (unpaired) electrons. The highest BCUT2D eigenvalue weighted by atomic mass is 32.2. The van der Waals surface area contributed by atoms with Gasteiger partial charge in [-0.3, -0.25) is 19.0 Å². The molecule has 0 atom stereocenters. The Hall–Kier alpha value is -4.70. The molecule has 39 heavy (non-hydrogen) atoms. The number of aromatic nitrogens is 2. The van der Waals surface area contributed by atoms with Crippen LogP contribution in [0.15, 0.2) is 79.5 Å². The molecule has 0 aliphatic rings. The van der Waals surface area contributed by atoms with Crippen LogP contribution in [0.25, 0.3) is 0 Å². The molecule has 4 aromatic rings. The maximum absolute atomic E-state index is 12.4. The third-order valence-corrected chi connectivity index (χ3v) is 7.69. The molecule has 4 N–H and O–H groups in total. The van der Waals surface area contributed by atoms with E-state index in [1.165, 1.54) is 60.7 Å². The van der Waals surface area contributed by atoms with Crippen LogP contribution in [-0.2, 0) is 29.6 Å². The van der Waals surface area contributed by atoms with Gasteiger partial charge in [0.2, 0.25) is 11.8 Å². The SMILES string of the molecule is Cc1cc(NS(=O)(=O)c2ccc(NC(=O)CC(=O)Nc3ccc(S(=O)(=O)Nc4cc(C)on4)cc3)cc2)no1. The molecule has 2 amide bonds. The van der Waals surface area contributed by atoms with E-state index in [0.29, 0.717) is 11.5 Å². The van der Waals surface area contributed by atoms with Crippen LogP contribution in [0.1, 0.15) is 17.9 Å². The lowest BCUT2D eigenvalue weighted by Gasteiger charge is -2.09. The average molecular weight is 575 g/mol. The number of aryl methyl sites for hydroxylation is 2. The lowest BCUT2D eigenvalue weighted by molar-refractivity contribution is -0.123. The summed E-state index contributed by atoms with van der Waals surface area (Å²) in [6.45, 7) is 3.24. The van der Waals surface area contributed by atoms with Gasteiger partial charge < -0.3 is 19.7 Å². The van der Waals surface area contributed by atoms with Crippen molar-refractivity contribution in [3.05, 3.63) is 72.2 Å². The zero-order valence-corrected chi connectivity index (χ0v) is 22.1. The second-order valence-corrected chi connectivity index (χ2v) is 11.5. The summed E-state index contributed by atoms with van der Waals surface area (Å²) >= 11 is 0. The van der Waals surface area contributed by atoms with Gasteiger partial charge in [0.1, 0.15) is 17.9 Å². The fourth-order valence-electron chi connectivity index (χ4n) is 3.21. The predicted octanol–water partition coefficient (Wildman–Crippen LogP) is 2.85. The van der Waals surface area contributed by atoms with Gasteiger partial charge in [-0.05, 0) is 62.4 Å². The van der Waals surface area contributed by atoms with E-state index in [1.54, 1.807) is 13.8 Å². The quantitative estimate of drug-likeness (QED) is 0.204. The second-order valence-electron chi connectivity index (χ2n) is 8.18. The van der Waals surface area contributed by atoms with Crippen molar-refractivity contribution in [1.82, 2.24) is 10.3 Å². The summed E-state index contributed by atoms with van der Waals surface area (Å²) in [6, 6.07) is 13.4. The van der Waals surface area contributed by atoms with E-state index >= 15 is 0 Å². The first kappa shape index (κ1) is 27.3. The number of amides is 2. The Labute approximate surface area is 222 Å². The summed E-state index contributed by atoms with van der Waals surface area (Å²) in [4.78, 5) is 24.4. The summed E-state index contributed by atoms with van der Waals surface area (Å²) < 4.78 is 64.0. The van der Waals surface area contributed by atoms with Crippen LogP contribution >= 0.6 is 0 Å². The minimum absolute atomic E-state index is 0.0328. The van der Waals surface area contributed by atoms with Crippen molar-refractivity contribution in [3.63, 3.8) is 0 Å². The number of sulfonamides is 2. The molecule has 0 saturated heterocycles. The monoisotopic (exact) mass is 574 g/mol. The van der Waals surface area contributed by atoms with E-state index < -0.39 is 38.3 Å². The average Bonchev–Trinajstić information content (AvgIpc) is 3.45. The minimum Gasteiger partial charge on any atom is -0.360 e. The molecule has 16 heteroatoms. The highest BCUT2D eigenvalue weighted by Crippen LogP contribution is 2.20. The van der Waals surface area contributed by atoms with Gasteiger partial charge in [-0.1, -0.05) is 10.3 Å². The molecular formula is C23H22N6O8S2. The van der Waals surface area contributed by atoms with Crippen LogP contribution < -0.4 is 20.1 Å². The Morgan fingerprint density at radius 3 is 1.33 bits per heavy atom. The second kappa shape index (κ2) is 11.0. The Morgan fingerprint density at radius 2 is 1.03 bits per heavy atom. The number of hydrogen-bond donors (Lipinski definition) is 4. The first-order valence-electron chi connectivity index (χ1n) is 11.1. The molecule has 0 unspecified atom stereocenters. The lowest BCUT2D eigenvalue weighted by Crippen LogP contribution is -2.21. The maximum atomic E-state index is 12.4. The molecule has 14 nitrogen and oxygen atoms in total. The van der Waals surface area contributed by atoms with E-state index in [-0.39, 0.29) is 32.8 Å². The van der Waals surface area contributed by atoms with Crippen LogP contribution in [0.5, 0.6) is 0 Å². The number of nitrogens with one attached hydrogen (secondary N) is 4. The van der Waals surface area contributed by atoms with Crippen molar-refractivity contribution in [2.24, 2.45) is 0 Å².